The van der Waals surface area contributed by atoms with Crippen molar-refractivity contribution in [1.29, 1.82) is 0 Å². The summed E-state index contributed by atoms with van der Waals surface area (Å²) in [5.74, 6) is -1.06. The van der Waals surface area contributed by atoms with Crippen LogP contribution in [0.4, 0.5) is 0 Å². The third-order valence-corrected chi connectivity index (χ3v) is 4.27. The van der Waals surface area contributed by atoms with E-state index >= 15 is 0 Å². The van der Waals surface area contributed by atoms with Crippen molar-refractivity contribution in [3.8, 4) is 5.75 Å². The second kappa shape index (κ2) is 7.02. The van der Waals surface area contributed by atoms with Crippen LogP contribution in [0.2, 0.25) is 0 Å². The summed E-state index contributed by atoms with van der Waals surface area (Å²) in [7, 11) is 0. The molecule has 0 aromatic heterocycles. The van der Waals surface area contributed by atoms with E-state index in [2.05, 4.69) is 5.32 Å². The average Bonchev–Trinajstić information content (AvgIpc) is 2.88. The van der Waals surface area contributed by atoms with Crippen LogP contribution in [0.15, 0.2) is 18.2 Å². The monoisotopic (exact) mass is 374 g/mol. The lowest BCUT2D eigenvalue weighted by atomic mass is 10.0. The summed E-state index contributed by atoms with van der Waals surface area (Å²) in [5.41, 5.74) is 0.614. The predicted molar refractivity (Wildman–Crippen MR) is 93.8 cm³/mol. The fourth-order valence-electron chi connectivity index (χ4n) is 3.15. The highest BCUT2D eigenvalue weighted by Gasteiger charge is 2.39. The van der Waals surface area contributed by atoms with Crippen molar-refractivity contribution in [3.05, 3.63) is 29.3 Å². The number of benzene rings is 1. The van der Waals surface area contributed by atoms with Gasteiger partial charge in [0.15, 0.2) is 6.61 Å². The van der Waals surface area contributed by atoms with Crippen LogP contribution < -0.4 is 10.1 Å². The molecule has 1 aromatic rings. The molecule has 1 aromatic carbocycles. The molecule has 8 nitrogen and oxygen atoms in total. The van der Waals surface area contributed by atoms with Crippen LogP contribution in [-0.4, -0.2) is 46.8 Å². The number of nitrogens with one attached hydrogen (secondary N) is 1. The summed E-state index contributed by atoms with van der Waals surface area (Å²) in [6.07, 6.45) is 0.521. The molecule has 8 heteroatoms. The third kappa shape index (κ3) is 4.27. The second-order valence-corrected chi connectivity index (χ2v) is 7.59. The van der Waals surface area contributed by atoms with E-state index in [1.54, 1.807) is 39.0 Å². The van der Waals surface area contributed by atoms with Gasteiger partial charge in [0.1, 0.15) is 17.4 Å². The highest BCUT2D eigenvalue weighted by atomic mass is 16.6. The first-order chi connectivity index (χ1) is 12.6. The first-order valence-electron chi connectivity index (χ1n) is 8.76. The van der Waals surface area contributed by atoms with Gasteiger partial charge in [-0.1, -0.05) is 0 Å². The lowest BCUT2D eigenvalue weighted by Crippen LogP contribution is -2.52. The SMILES string of the molecule is CC(C)(C)OC(=O)COc1ccc2c(c1)CN(C1CCC(=O)NC1=O)C2=O. The maximum atomic E-state index is 12.6. The molecular weight excluding hydrogens is 352 g/mol. The molecule has 0 radical (unpaired) electrons. The summed E-state index contributed by atoms with van der Waals surface area (Å²) in [6.45, 7) is 5.34. The van der Waals surface area contributed by atoms with Crippen molar-refractivity contribution in [1.82, 2.24) is 10.2 Å². The van der Waals surface area contributed by atoms with Crippen LogP contribution in [0, 0.1) is 0 Å². The summed E-state index contributed by atoms with van der Waals surface area (Å²) >= 11 is 0. The number of carbonyl (C=O) groups is 4. The Morgan fingerprint density at radius 3 is 2.67 bits per heavy atom. The van der Waals surface area contributed by atoms with Gasteiger partial charge in [-0.25, -0.2) is 4.79 Å². The Morgan fingerprint density at radius 2 is 2.00 bits per heavy atom. The van der Waals surface area contributed by atoms with Crippen LogP contribution in [0.1, 0.15) is 49.5 Å². The number of imide groups is 1. The summed E-state index contributed by atoms with van der Waals surface area (Å²) in [5, 5.41) is 2.27. The molecule has 0 saturated carbocycles. The normalized spacial score (nSPS) is 19.6. The molecule has 3 rings (SSSR count). The van der Waals surface area contributed by atoms with Crippen LogP contribution in [0.5, 0.6) is 5.75 Å². The average molecular weight is 374 g/mol. The maximum Gasteiger partial charge on any atom is 0.344 e. The molecule has 2 aliphatic rings. The molecule has 2 heterocycles. The van der Waals surface area contributed by atoms with Gasteiger partial charge in [-0.2, -0.15) is 0 Å². The van der Waals surface area contributed by atoms with Crippen molar-refractivity contribution in [3.63, 3.8) is 0 Å². The quantitative estimate of drug-likeness (QED) is 0.627. The van der Waals surface area contributed by atoms with Gasteiger partial charge in [-0.15, -0.1) is 0 Å². The van der Waals surface area contributed by atoms with Gasteiger partial charge < -0.3 is 14.4 Å². The number of piperidine rings is 1. The Kier molecular flexibility index (Phi) is 4.91. The predicted octanol–water partition coefficient (Wildman–Crippen LogP) is 1.17. The van der Waals surface area contributed by atoms with E-state index in [0.29, 0.717) is 23.3 Å². The number of esters is 1. The molecule has 1 saturated heterocycles. The first-order valence-corrected chi connectivity index (χ1v) is 8.76. The van der Waals surface area contributed by atoms with Gasteiger partial charge >= 0.3 is 5.97 Å². The van der Waals surface area contributed by atoms with E-state index in [9.17, 15) is 19.2 Å². The highest BCUT2D eigenvalue weighted by molar-refractivity contribution is 6.05. The maximum absolute atomic E-state index is 12.6. The highest BCUT2D eigenvalue weighted by Crippen LogP contribution is 2.30. The molecule has 1 unspecified atom stereocenters. The molecule has 27 heavy (non-hydrogen) atoms. The Hall–Kier alpha value is -2.90. The van der Waals surface area contributed by atoms with Crippen LogP contribution >= 0.6 is 0 Å². The molecule has 1 atom stereocenters. The zero-order chi connectivity index (χ0) is 19.8. The molecule has 2 aliphatic heterocycles. The zero-order valence-corrected chi connectivity index (χ0v) is 15.5. The van der Waals surface area contributed by atoms with Gasteiger partial charge in [0.2, 0.25) is 11.8 Å². The van der Waals surface area contributed by atoms with E-state index in [4.69, 9.17) is 9.47 Å². The number of amides is 3. The van der Waals surface area contributed by atoms with Crippen LogP contribution in [0.3, 0.4) is 0 Å². The Bertz CT molecular complexity index is 811. The van der Waals surface area contributed by atoms with Gasteiger partial charge in [0.25, 0.3) is 5.91 Å². The number of rotatable bonds is 4. The van der Waals surface area contributed by atoms with Crippen molar-refractivity contribution in [2.45, 2.75) is 51.8 Å². The van der Waals surface area contributed by atoms with Crippen LogP contribution in [-0.2, 0) is 25.7 Å². The Labute approximate surface area is 156 Å². The topological polar surface area (TPSA) is 102 Å². The first kappa shape index (κ1) is 18.9. The van der Waals surface area contributed by atoms with Gasteiger partial charge in [-0.05, 0) is 51.0 Å². The lowest BCUT2D eigenvalue weighted by Gasteiger charge is -2.29. The smallest absolute Gasteiger partial charge is 0.344 e. The minimum Gasteiger partial charge on any atom is -0.482 e. The number of hydrogen-bond donors (Lipinski definition) is 1. The number of hydrogen-bond acceptors (Lipinski definition) is 6. The van der Waals surface area contributed by atoms with E-state index < -0.39 is 23.5 Å². The summed E-state index contributed by atoms with van der Waals surface area (Å²) in [6, 6.07) is 4.25. The van der Waals surface area contributed by atoms with Crippen molar-refractivity contribution in [2.75, 3.05) is 6.61 Å². The zero-order valence-electron chi connectivity index (χ0n) is 15.5. The number of fused-ring (bicyclic) bond motifs is 1. The minimum atomic E-state index is -0.659. The van der Waals surface area contributed by atoms with Gasteiger partial charge in [0, 0.05) is 18.5 Å². The third-order valence-electron chi connectivity index (χ3n) is 4.27. The number of carbonyl (C=O) groups excluding carboxylic acids is 4. The number of ether oxygens (including phenoxy) is 2. The summed E-state index contributed by atoms with van der Waals surface area (Å²) in [4.78, 5) is 49.2. The molecule has 0 aliphatic carbocycles. The second-order valence-electron chi connectivity index (χ2n) is 7.59. The van der Waals surface area contributed by atoms with E-state index in [0.717, 1.165) is 0 Å². The Morgan fingerprint density at radius 1 is 1.26 bits per heavy atom. The van der Waals surface area contributed by atoms with Crippen LogP contribution in [0.25, 0.3) is 0 Å². The minimum absolute atomic E-state index is 0.209. The van der Waals surface area contributed by atoms with Gasteiger partial charge in [-0.3, -0.25) is 19.7 Å². The summed E-state index contributed by atoms with van der Waals surface area (Å²) < 4.78 is 10.6. The van der Waals surface area contributed by atoms with Crippen molar-refractivity contribution < 1.29 is 28.7 Å². The molecule has 1 fully saturated rings. The molecule has 1 N–H and O–H groups in total. The number of nitrogens with zero attached hydrogens (tertiary/aromatic N) is 1. The van der Waals surface area contributed by atoms with E-state index in [1.807, 2.05) is 0 Å². The Balaban J connectivity index is 1.66. The molecule has 0 spiro atoms. The van der Waals surface area contributed by atoms with Gasteiger partial charge in [0.05, 0.1) is 0 Å². The van der Waals surface area contributed by atoms with Crippen molar-refractivity contribution in [2.24, 2.45) is 0 Å². The molecular formula is C19H22N2O6. The lowest BCUT2D eigenvalue weighted by molar-refractivity contribution is -0.157. The molecule has 3 amide bonds. The largest absolute Gasteiger partial charge is 0.482 e. The van der Waals surface area contributed by atoms with E-state index in [1.165, 1.54) is 4.90 Å². The molecule has 0 bridgehead atoms. The van der Waals surface area contributed by atoms with E-state index in [-0.39, 0.29) is 31.4 Å². The standard InChI is InChI=1S/C19H22N2O6/c1-19(2,3)27-16(23)10-26-12-4-5-13-11(8-12)9-21(18(13)25)14-6-7-15(22)20-17(14)24/h4-5,8,14H,6-7,9-10H2,1-3H3,(H,20,22,24). The fraction of sp³-hybridized carbons (Fsp3) is 0.474. The molecule has 144 valence electrons. The fourth-order valence-corrected chi connectivity index (χ4v) is 3.15. The van der Waals surface area contributed by atoms with Crippen molar-refractivity contribution >= 4 is 23.7 Å².